The lowest BCUT2D eigenvalue weighted by molar-refractivity contribution is 0.0451. The van der Waals surface area contributed by atoms with Crippen molar-refractivity contribution in [3.8, 4) is 18.4 Å². The third kappa shape index (κ3) is 0.914. The van der Waals surface area contributed by atoms with E-state index in [1.165, 1.54) is 0 Å². The molecule has 0 aliphatic heterocycles. The molecule has 1 fully saturated rings. The first kappa shape index (κ1) is 8.11. The lowest BCUT2D eigenvalue weighted by Crippen LogP contribution is -2.36. The summed E-state index contributed by atoms with van der Waals surface area (Å²) in [5.74, 6) is 2.31. The molecule has 2 nitrogen and oxygen atoms in total. The van der Waals surface area contributed by atoms with Gasteiger partial charge in [0.25, 0.3) is 0 Å². The monoisotopic (exact) mass is 149 g/mol. The van der Waals surface area contributed by atoms with E-state index in [1.54, 1.807) is 6.92 Å². The Morgan fingerprint density at radius 1 is 1.73 bits per heavy atom. The minimum absolute atomic E-state index is 0.455. The molecule has 1 rings (SSSR count). The predicted octanol–water partition coefficient (Wildman–Crippen LogP) is 1.06. The SMILES string of the molecule is C#C[C@@](O)(CC)C1(C#N)CC1. The molecule has 0 amide bonds. The van der Waals surface area contributed by atoms with E-state index in [1.807, 2.05) is 0 Å². The molecule has 0 spiro atoms. The lowest BCUT2D eigenvalue weighted by atomic mass is 9.84. The van der Waals surface area contributed by atoms with Crippen molar-refractivity contribution in [3.63, 3.8) is 0 Å². The number of nitriles is 1. The molecule has 0 saturated heterocycles. The summed E-state index contributed by atoms with van der Waals surface area (Å²) < 4.78 is 0. The van der Waals surface area contributed by atoms with Crippen LogP contribution in [0.5, 0.6) is 0 Å². The summed E-state index contributed by atoms with van der Waals surface area (Å²) in [4.78, 5) is 0. The molecule has 0 bridgehead atoms. The maximum absolute atomic E-state index is 9.76. The molecule has 2 heteroatoms. The smallest absolute Gasteiger partial charge is 0.143 e. The van der Waals surface area contributed by atoms with Gasteiger partial charge in [0.2, 0.25) is 0 Å². The molecule has 0 heterocycles. The number of hydrogen-bond donors (Lipinski definition) is 1. The van der Waals surface area contributed by atoms with Crippen molar-refractivity contribution in [3.05, 3.63) is 0 Å². The second-order valence-electron chi connectivity index (χ2n) is 3.05. The highest BCUT2D eigenvalue weighted by Crippen LogP contribution is 2.54. The fraction of sp³-hybridized carbons (Fsp3) is 0.667. The number of hydrogen-bond acceptors (Lipinski definition) is 2. The Kier molecular flexibility index (Phi) is 1.66. The minimum Gasteiger partial charge on any atom is -0.376 e. The fourth-order valence-corrected chi connectivity index (χ4v) is 1.32. The molecular formula is C9H11NO. The van der Waals surface area contributed by atoms with E-state index >= 15 is 0 Å². The van der Waals surface area contributed by atoms with E-state index in [4.69, 9.17) is 11.7 Å². The Morgan fingerprint density at radius 3 is 2.36 bits per heavy atom. The van der Waals surface area contributed by atoms with Crippen LogP contribution in [0.15, 0.2) is 0 Å². The minimum atomic E-state index is -1.19. The maximum Gasteiger partial charge on any atom is 0.143 e. The van der Waals surface area contributed by atoms with Gasteiger partial charge in [-0.3, -0.25) is 0 Å². The summed E-state index contributed by atoms with van der Waals surface area (Å²) in [5.41, 5.74) is -1.82. The Morgan fingerprint density at radius 2 is 2.27 bits per heavy atom. The molecular weight excluding hydrogens is 138 g/mol. The van der Waals surface area contributed by atoms with Gasteiger partial charge in [0.1, 0.15) is 5.60 Å². The van der Waals surface area contributed by atoms with Gasteiger partial charge in [-0.1, -0.05) is 12.8 Å². The van der Waals surface area contributed by atoms with Crippen LogP contribution in [0.3, 0.4) is 0 Å². The van der Waals surface area contributed by atoms with Crippen molar-refractivity contribution in [2.75, 3.05) is 0 Å². The second kappa shape index (κ2) is 2.26. The van der Waals surface area contributed by atoms with Crippen LogP contribution in [0.2, 0.25) is 0 Å². The van der Waals surface area contributed by atoms with E-state index in [2.05, 4.69) is 12.0 Å². The molecule has 1 saturated carbocycles. The van der Waals surface area contributed by atoms with Gasteiger partial charge in [-0.15, -0.1) is 6.42 Å². The quantitative estimate of drug-likeness (QED) is 0.597. The van der Waals surface area contributed by atoms with Crippen LogP contribution in [-0.2, 0) is 0 Å². The number of terminal acetylenes is 1. The number of nitrogens with zero attached hydrogens (tertiary/aromatic N) is 1. The first-order valence-corrected chi connectivity index (χ1v) is 3.75. The Balaban J connectivity index is 2.90. The van der Waals surface area contributed by atoms with Crippen LogP contribution >= 0.6 is 0 Å². The number of rotatable bonds is 2. The zero-order valence-corrected chi connectivity index (χ0v) is 6.59. The van der Waals surface area contributed by atoms with E-state index in [0.717, 1.165) is 12.8 Å². The Bertz CT molecular complexity index is 241. The van der Waals surface area contributed by atoms with Crippen molar-refractivity contribution in [1.29, 1.82) is 5.26 Å². The average molecular weight is 149 g/mol. The highest BCUT2D eigenvalue weighted by molar-refractivity contribution is 5.29. The summed E-state index contributed by atoms with van der Waals surface area (Å²) in [7, 11) is 0. The van der Waals surface area contributed by atoms with Crippen LogP contribution in [0, 0.1) is 29.1 Å². The molecule has 1 aliphatic carbocycles. The van der Waals surface area contributed by atoms with Crippen molar-refractivity contribution in [2.45, 2.75) is 31.8 Å². The standard InChI is InChI=1S/C9H11NO/c1-3-9(11,4-2)8(7-10)5-6-8/h1,11H,4-6H2,2H3/t9-/m1/s1. The van der Waals surface area contributed by atoms with Crippen LogP contribution in [0.4, 0.5) is 0 Å². The van der Waals surface area contributed by atoms with Gasteiger partial charge in [-0.2, -0.15) is 5.26 Å². The molecule has 0 unspecified atom stereocenters. The molecule has 0 aromatic heterocycles. The van der Waals surface area contributed by atoms with Crippen LogP contribution < -0.4 is 0 Å². The van der Waals surface area contributed by atoms with E-state index in [-0.39, 0.29) is 0 Å². The zero-order chi connectivity index (χ0) is 8.54. The summed E-state index contributed by atoms with van der Waals surface area (Å²) in [6.07, 6.45) is 7.09. The first-order valence-electron chi connectivity index (χ1n) is 3.75. The first-order chi connectivity index (χ1) is 5.14. The van der Waals surface area contributed by atoms with Gasteiger partial charge in [0, 0.05) is 0 Å². The lowest BCUT2D eigenvalue weighted by Gasteiger charge is -2.24. The fourth-order valence-electron chi connectivity index (χ4n) is 1.32. The van der Waals surface area contributed by atoms with Gasteiger partial charge in [0.15, 0.2) is 0 Å². The summed E-state index contributed by atoms with van der Waals surface area (Å²) >= 11 is 0. The van der Waals surface area contributed by atoms with Gasteiger partial charge < -0.3 is 5.11 Å². The Hall–Kier alpha value is -0.990. The van der Waals surface area contributed by atoms with Crippen LogP contribution in [0.25, 0.3) is 0 Å². The van der Waals surface area contributed by atoms with Gasteiger partial charge in [-0.05, 0) is 19.3 Å². The molecule has 0 radical (unpaired) electrons. The molecule has 1 N–H and O–H groups in total. The highest BCUT2D eigenvalue weighted by Gasteiger charge is 2.58. The highest BCUT2D eigenvalue weighted by atomic mass is 16.3. The number of aliphatic hydroxyl groups is 1. The summed E-state index contributed by atoms with van der Waals surface area (Å²) in [6, 6.07) is 2.10. The van der Waals surface area contributed by atoms with Crippen molar-refractivity contribution in [2.24, 2.45) is 5.41 Å². The van der Waals surface area contributed by atoms with E-state index in [9.17, 15) is 5.11 Å². The Labute approximate surface area is 66.8 Å². The molecule has 0 aromatic rings. The van der Waals surface area contributed by atoms with E-state index in [0.29, 0.717) is 6.42 Å². The zero-order valence-electron chi connectivity index (χ0n) is 6.59. The van der Waals surface area contributed by atoms with Crippen molar-refractivity contribution >= 4 is 0 Å². The van der Waals surface area contributed by atoms with Gasteiger partial charge >= 0.3 is 0 Å². The van der Waals surface area contributed by atoms with Crippen molar-refractivity contribution in [1.82, 2.24) is 0 Å². The van der Waals surface area contributed by atoms with E-state index < -0.39 is 11.0 Å². The molecule has 1 aliphatic rings. The average Bonchev–Trinajstić information content (AvgIpc) is 2.83. The molecule has 58 valence electrons. The largest absolute Gasteiger partial charge is 0.376 e. The predicted molar refractivity (Wildman–Crippen MR) is 41.4 cm³/mol. The molecule has 1 atom stereocenters. The third-order valence-electron chi connectivity index (χ3n) is 2.51. The molecule has 0 aromatic carbocycles. The third-order valence-corrected chi connectivity index (χ3v) is 2.51. The van der Waals surface area contributed by atoms with Gasteiger partial charge in [0.05, 0.1) is 11.5 Å². The topological polar surface area (TPSA) is 44.0 Å². The van der Waals surface area contributed by atoms with Crippen LogP contribution in [0.1, 0.15) is 26.2 Å². The second-order valence-corrected chi connectivity index (χ2v) is 3.05. The van der Waals surface area contributed by atoms with Crippen molar-refractivity contribution < 1.29 is 5.11 Å². The van der Waals surface area contributed by atoms with Crippen LogP contribution in [-0.4, -0.2) is 10.7 Å². The van der Waals surface area contributed by atoms with Gasteiger partial charge in [-0.25, -0.2) is 0 Å². The maximum atomic E-state index is 9.76. The normalized spacial score (nSPS) is 24.4. The summed E-state index contributed by atoms with van der Waals surface area (Å²) in [5, 5.41) is 18.5. The summed E-state index contributed by atoms with van der Waals surface area (Å²) in [6.45, 7) is 1.80. The molecule has 11 heavy (non-hydrogen) atoms.